The molecule has 3 rings (SSSR count). The van der Waals surface area contributed by atoms with Crippen LogP contribution in [0.3, 0.4) is 0 Å². The Morgan fingerprint density at radius 3 is 2.70 bits per heavy atom. The third kappa shape index (κ3) is 4.18. The number of carbonyl (C=O) groups is 1. The average molecular weight is 389 g/mol. The third-order valence-electron chi connectivity index (χ3n) is 3.03. The fourth-order valence-electron chi connectivity index (χ4n) is 1.95. The van der Waals surface area contributed by atoms with E-state index in [2.05, 4.69) is 26.2 Å². The summed E-state index contributed by atoms with van der Waals surface area (Å²) in [5.41, 5.74) is 0.409. The van der Waals surface area contributed by atoms with Gasteiger partial charge in [-0.1, -0.05) is 18.2 Å². The molecule has 2 heterocycles. The van der Waals surface area contributed by atoms with Crippen LogP contribution in [0.4, 0.5) is 0 Å². The molecule has 0 atom stereocenters. The van der Waals surface area contributed by atoms with Crippen LogP contribution in [0.5, 0.6) is 11.6 Å². The predicted molar refractivity (Wildman–Crippen MR) is 93.9 cm³/mol. The van der Waals surface area contributed by atoms with E-state index in [1.807, 2.05) is 42.5 Å². The summed E-state index contributed by atoms with van der Waals surface area (Å²) >= 11 is 5.00. The molecule has 0 aliphatic heterocycles. The number of pyridine rings is 1. The Hall–Kier alpha value is -2.18. The molecule has 23 heavy (non-hydrogen) atoms. The van der Waals surface area contributed by atoms with Crippen LogP contribution in [0.2, 0.25) is 0 Å². The van der Waals surface area contributed by atoms with Crippen LogP contribution in [0.15, 0.2) is 64.6 Å². The normalized spacial score (nSPS) is 10.3. The number of nitrogens with zero attached hydrogens (tertiary/aromatic N) is 1. The largest absolute Gasteiger partial charge is 0.438 e. The molecule has 1 amide bonds. The van der Waals surface area contributed by atoms with Crippen LogP contribution < -0.4 is 10.1 Å². The minimum atomic E-state index is -0.214. The van der Waals surface area contributed by atoms with Gasteiger partial charge in [0.15, 0.2) is 0 Å². The molecule has 0 unspecified atom stereocenters. The van der Waals surface area contributed by atoms with Crippen molar-refractivity contribution in [3.05, 3.63) is 75.0 Å². The number of carbonyl (C=O) groups excluding carboxylic acids is 1. The van der Waals surface area contributed by atoms with Crippen molar-refractivity contribution in [3.63, 3.8) is 0 Å². The average Bonchev–Trinajstić information content (AvgIpc) is 3.00. The minimum Gasteiger partial charge on any atom is -0.438 e. The van der Waals surface area contributed by atoms with Gasteiger partial charge in [0.1, 0.15) is 11.3 Å². The molecule has 0 saturated heterocycles. The van der Waals surface area contributed by atoms with Gasteiger partial charge in [-0.25, -0.2) is 4.98 Å². The topological polar surface area (TPSA) is 51.2 Å². The lowest BCUT2D eigenvalue weighted by Gasteiger charge is -2.09. The molecule has 116 valence electrons. The van der Waals surface area contributed by atoms with Crippen molar-refractivity contribution in [2.75, 3.05) is 0 Å². The lowest BCUT2D eigenvalue weighted by atomic mass is 10.2. The molecule has 0 radical (unpaired) electrons. The predicted octanol–water partition coefficient (Wildman–Crippen LogP) is 4.63. The Bertz CT molecular complexity index is 805. The van der Waals surface area contributed by atoms with E-state index in [-0.39, 0.29) is 5.91 Å². The van der Waals surface area contributed by atoms with Crippen LogP contribution >= 0.6 is 27.3 Å². The minimum absolute atomic E-state index is 0.214. The molecule has 0 spiro atoms. The summed E-state index contributed by atoms with van der Waals surface area (Å²) in [6.45, 7) is 0.467. The Morgan fingerprint density at radius 2 is 1.96 bits per heavy atom. The number of thiophene rings is 1. The highest BCUT2D eigenvalue weighted by molar-refractivity contribution is 9.11. The maximum absolute atomic E-state index is 12.4. The van der Waals surface area contributed by atoms with Gasteiger partial charge < -0.3 is 10.1 Å². The van der Waals surface area contributed by atoms with E-state index in [0.29, 0.717) is 23.7 Å². The first-order valence-electron chi connectivity index (χ1n) is 6.93. The number of hydrogen-bond acceptors (Lipinski definition) is 4. The molecule has 6 heteroatoms. The number of aromatic nitrogens is 1. The van der Waals surface area contributed by atoms with Gasteiger partial charge in [-0.15, -0.1) is 11.3 Å². The van der Waals surface area contributed by atoms with Crippen molar-refractivity contribution in [1.29, 1.82) is 0 Å². The monoisotopic (exact) mass is 388 g/mol. The number of hydrogen-bond donors (Lipinski definition) is 1. The molecular formula is C17H13BrN2O2S. The first kappa shape index (κ1) is 15.7. The summed E-state index contributed by atoms with van der Waals surface area (Å²) < 4.78 is 6.75. The summed E-state index contributed by atoms with van der Waals surface area (Å²) in [5.74, 6) is 0.722. The fraction of sp³-hybridized carbons (Fsp3) is 0.0588. The summed E-state index contributed by atoms with van der Waals surface area (Å²) in [4.78, 5) is 17.6. The lowest BCUT2D eigenvalue weighted by molar-refractivity contribution is 0.0948. The van der Waals surface area contributed by atoms with E-state index in [1.54, 1.807) is 29.7 Å². The zero-order valence-electron chi connectivity index (χ0n) is 12.0. The molecule has 0 aliphatic rings. The number of rotatable bonds is 5. The molecular weight excluding hydrogens is 376 g/mol. The van der Waals surface area contributed by atoms with Crippen LogP contribution in [0.25, 0.3) is 0 Å². The second-order valence-corrected chi connectivity index (χ2v) is 7.21. The van der Waals surface area contributed by atoms with Crippen LogP contribution in [0, 0.1) is 0 Å². The number of halogens is 1. The lowest BCUT2D eigenvalue weighted by Crippen LogP contribution is -2.23. The molecule has 0 fully saturated rings. The molecule has 0 aliphatic carbocycles. The maximum Gasteiger partial charge on any atom is 0.257 e. The first-order valence-corrected chi connectivity index (χ1v) is 8.53. The highest BCUT2D eigenvalue weighted by Gasteiger charge is 2.14. The van der Waals surface area contributed by atoms with Gasteiger partial charge in [0, 0.05) is 11.1 Å². The second-order valence-electron chi connectivity index (χ2n) is 4.66. The highest BCUT2D eigenvalue weighted by Crippen LogP contribution is 2.24. The summed E-state index contributed by atoms with van der Waals surface area (Å²) in [6, 6.07) is 16.6. The zero-order chi connectivity index (χ0) is 16.1. The first-order chi connectivity index (χ1) is 11.2. The Labute approximate surface area is 146 Å². The third-order valence-corrected chi connectivity index (χ3v) is 4.65. The van der Waals surface area contributed by atoms with Crippen molar-refractivity contribution in [1.82, 2.24) is 10.3 Å². The van der Waals surface area contributed by atoms with E-state index in [4.69, 9.17) is 4.74 Å². The molecule has 0 saturated carbocycles. The molecule has 1 aromatic carbocycles. The fourth-order valence-corrected chi connectivity index (χ4v) is 3.38. The molecule has 3 aromatic rings. The number of ether oxygens (including phenoxy) is 1. The van der Waals surface area contributed by atoms with Crippen LogP contribution in [0.1, 0.15) is 15.2 Å². The smallest absolute Gasteiger partial charge is 0.257 e. The molecule has 4 nitrogen and oxygen atoms in total. The zero-order valence-corrected chi connectivity index (χ0v) is 14.4. The van der Waals surface area contributed by atoms with E-state index < -0.39 is 0 Å². The van der Waals surface area contributed by atoms with Crippen molar-refractivity contribution in [2.24, 2.45) is 0 Å². The van der Waals surface area contributed by atoms with Crippen molar-refractivity contribution >= 4 is 33.2 Å². The number of benzene rings is 1. The van der Waals surface area contributed by atoms with Gasteiger partial charge >= 0.3 is 0 Å². The Balaban J connectivity index is 1.72. The molecule has 1 N–H and O–H groups in total. The molecule has 2 aromatic heterocycles. The van der Waals surface area contributed by atoms with E-state index in [1.165, 1.54) is 0 Å². The van der Waals surface area contributed by atoms with Gasteiger partial charge in [0.05, 0.1) is 10.3 Å². The van der Waals surface area contributed by atoms with Crippen LogP contribution in [-0.4, -0.2) is 10.9 Å². The number of nitrogens with one attached hydrogen (secondary N) is 1. The SMILES string of the molecule is O=C(NCc1ccc(Br)s1)c1cccnc1Oc1ccccc1. The Kier molecular flexibility index (Phi) is 5.05. The van der Waals surface area contributed by atoms with E-state index in [0.717, 1.165) is 8.66 Å². The van der Waals surface area contributed by atoms with E-state index >= 15 is 0 Å². The van der Waals surface area contributed by atoms with Crippen molar-refractivity contribution < 1.29 is 9.53 Å². The maximum atomic E-state index is 12.4. The van der Waals surface area contributed by atoms with E-state index in [9.17, 15) is 4.79 Å². The van der Waals surface area contributed by atoms with Crippen LogP contribution in [-0.2, 0) is 6.54 Å². The van der Waals surface area contributed by atoms with Gasteiger partial charge in [-0.2, -0.15) is 0 Å². The number of para-hydroxylation sites is 1. The van der Waals surface area contributed by atoms with Gasteiger partial charge in [-0.3, -0.25) is 4.79 Å². The summed E-state index contributed by atoms with van der Waals surface area (Å²) in [7, 11) is 0. The van der Waals surface area contributed by atoms with Gasteiger partial charge in [0.2, 0.25) is 5.88 Å². The van der Waals surface area contributed by atoms with Gasteiger partial charge in [0.25, 0.3) is 5.91 Å². The standard InChI is InChI=1S/C17H13BrN2O2S/c18-15-9-8-13(23-15)11-20-16(21)14-7-4-10-19-17(14)22-12-5-2-1-3-6-12/h1-10H,11H2,(H,20,21). The van der Waals surface area contributed by atoms with Crippen molar-refractivity contribution in [2.45, 2.75) is 6.54 Å². The summed E-state index contributed by atoms with van der Waals surface area (Å²) in [5, 5.41) is 2.89. The highest BCUT2D eigenvalue weighted by atomic mass is 79.9. The quantitative estimate of drug-likeness (QED) is 0.693. The summed E-state index contributed by atoms with van der Waals surface area (Å²) in [6.07, 6.45) is 1.60. The number of amides is 1. The van der Waals surface area contributed by atoms with Gasteiger partial charge in [-0.05, 0) is 52.3 Å². The molecule has 0 bridgehead atoms. The van der Waals surface area contributed by atoms with Crippen molar-refractivity contribution in [3.8, 4) is 11.6 Å². The Morgan fingerprint density at radius 1 is 1.13 bits per heavy atom. The second kappa shape index (κ2) is 7.39.